The molecule has 5 heteroatoms. The summed E-state index contributed by atoms with van der Waals surface area (Å²) < 4.78 is 0. The molecule has 0 fully saturated rings. The molecule has 0 aliphatic rings. The van der Waals surface area contributed by atoms with E-state index in [2.05, 4.69) is 16.3 Å². The van der Waals surface area contributed by atoms with Gasteiger partial charge in [-0.15, -0.1) is 15.0 Å². The van der Waals surface area contributed by atoms with Gasteiger partial charge in [0.1, 0.15) is 6.07 Å². The number of hydrogen-bond acceptors (Lipinski definition) is 4. The minimum absolute atomic E-state index is 0.326. The van der Waals surface area contributed by atoms with E-state index in [4.69, 9.17) is 0 Å². The smallest absolute Gasteiger partial charge is 0.207 e. The lowest BCUT2D eigenvalue weighted by molar-refractivity contribution is 0.737. The fourth-order valence-electron chi connectivity index (χ4n) is 2.46. The number of aryl methyl sites for hydroxylation is 1. The quantitative estimate of drug-likeness (QED) is 0.743. The lowest BCUT2D eigenvalue weighted by atomic mass is 10.2. The van der Waals surface area contributed by atoms with Crippen molar-refractivity contribution in [1.29, 1.82) is 5.26 Å². The van der Waals surface area contributed by atoms with Gasteiger partial charge in [0.25, 0.3) is 0 Å². The van der Waals surface area contributed by atoms with Crippen LogP contribution in [-0.4, -0.2) is 22.0 Å². The Hall–Kier alpha value is -3.13. The van der Waals surface area contributed by atoms with Crippen LogP contribution in [-0.2, 0) is 6.54 Å². The molecule has 3 aromatic rings. The normalized spacial score (nSPS) is 10.3. The SMILES string of the molecule is Cc1ccccc1-n1nc(C#N)c(N(C)Cc2ccccc2)n1. The van der Waals surface area contributed by atoms with Crippen molar-refractivity contribution >= 4 is 5.82 Å². The maximum Gasteiger partial charge on any atom is 0.207 e. The summed E-state index contributed by atoms with van der Waals surface area (Å²) >= 11 is 0. The van der Waals surface area contributed by atoms with Crippen LogP contribution in [0.15, 0.2) is 54.6 Å². The molecule has 0 N–H and O–H groups in total. The van der Waals surface area contributed by atoms with Gasteiger partial charge in [0.15, 0.2) is 5.82 Å². The number of nitrogens with zero attached hydrogens (tertiary/aromatic N) is 5. The van der Waals surface area contributed by atoms with Gasteiger partial charge in [0.2, 0.25) is 5.69 Å². The molecule has 1 aromatic heterocycles. The van der Waals surface area contributed by atoms with Gasteiger partial charge >= 0.3 is 0 Å². The zero-order valence-corrected chi connectivity index (χ0v) is 13.1. The van der Waals surface area contributed by atoms with Gasteiger partial charge in [-0.3, -0.25) is 0 Å². The van der Waals surface area contributed by atoms with Crippen LogP contribution < -0.4 is 4.90 Å². The minimum atomic E-state index is 0.326. The summed E-state index contributed by atoms with van der Waals surface area (Å²) in [6.07, 6.45) is 0. The van der Waals surface area contributed by atoms with E-state index in [0.717, 1.165) is 16.8 Å². The molecule has 0 saturated carbocycles. The topological polar surface area (TPSA) is 57.7 Å². The first-order valence-corrected chi connectivity index (χ1v) is 7.37. The second-order valence-corrected chi connectivity index (χ2v) is 5.40. The zero-order chi connectivity index (χ0) is 16.2. The van der Waals surface area contributed by atoms with Crippen molar-refractivity contribution in [2.45, 2.75) is 13.5 Å². The second-order valence-electron chi connectivity index (χ2n) is 5.40. The van der Waals surface area contributed by atoms with Crippen molar-refractivity contribution in [3.8, 4) is 11.8 Å². The Balaban J connectivity index is 1.94. The molecule has 23 heavy (non-hydrogen) atoms. The van der Waals surface area contributed by atoms with E-state index in [-0.39, 0.29) is 0 Å². The summed E-state index contributed by atoms with van der Waals surface area (Å²) in [6, 6.07) is 20.1. The Labute approximate surface area is 135 Å². The van der Waals surface area contributed by atoms with Gasteiger partial charge < -0.3 is 4.90 Å². The number of para-hydroxylation sites is 1. The first-order valence-electron chi connectivity index (χ1n) is 7.37. The molecule has 1 heterocycles. The van der Waals surface area contributed by atoms with Gasteiger partial charge in [-0.25, -0.2) is 0 Å². The Bertz CT molecular complexity index is 845. The molecule has 0 aliphatic carbocycles. The van der Waals surface area contributed by atoms with Crippen LogP contribution in [0.3, 0.4) is 0 Å². The van der Waals surface area contributed by atoms with Crippen molar-refractivity contribution in [3.63, 3.8) is 0 Å². The largest absolute Gasteiger partial charge is 0.351 e. The number of benzene rings is 2. The van der Waals surface area contributed by atoms with Crippen LogP contribution in [0.2, 0.25) is 0 Å². The Morgan fingerprint density at radius 3 is 2.43 bits per heavy atom. The number of hydrogen-bond donors (Lipinski definition) is 0. The fourth-order valence-corrected chi connectivity index (χ4v) is 2.46. The highest BCUT2D eigenvalue weighted by atomic mass is 15.5. The molecule has 5 nitrogen and oxygen atoms in total. The van der Waals surface area contributed by atoms with Crippen molar-refractivity contribution in [3.05, 3.63) is 71.4 Å². The van der Waals surface area contributed by atoms with Crippen LogP contribution in [0.4, 0.5) is 5.82 Å². The fraction of sp³-hybridized carbons (Fsp3) is 0.167. The van der Waals surface area contributed by atoms with Gasteiger partial charge in [-0.2, -0.15) is 5.26 Å². The Morgan fingerprint density at radius 1 is 1.04 bits per heavy atom. The van der Waals surface area contributed by atoms with Crippen LogP contribution in [0.5, 0.6) is 0 Å². The molecular formula is C18H17N5. The number of aromatic nitrogens is 3. The monoisotopic (exact) mass is 303 g/mol. The third-order valence-electron chi connectivity index (χ3n) is 3.66. The van der Waals surface area contributed by atoms with E-state index >= 15 is 0 Å². The lowest BCUT2D eigenvalue weighted by Gasteiger charge is -2.16. The minimum Gasteiger partial charge on any atom is -0.351 e. The number of anilines is 1. The highest BCUT2D eigenvalue weighted by Gasteiger charge is 2.16. The van der Waals surface area contributed by atoms with E-state index in [0.29, 0.717) is 18.1 Å². The summed E-state index contributed by atoms with van der Waals surface area (Å²) in [5.74, 6) is 0.583. The summed E-state index contributed by atoms with van der Waals surface area (Å²) in [7, 11) is 1.92. The van der Waals surface area contributed by atoms with Crippen LogP contribution in [0, 0.1) is 18.3 Å². The molecule has 0 atom stereocenters. The predicted molar refractivity (Wildman–Crippen MR) is 89.4 cm³/mol. The Morgan fingerprint density at radius 2 is 1.74 bits per heavy atom. The maximum absolute atomic E-state index is 9.37. The molecule has 0 amide bonds. The van der Waals surface area contributed by atoms with Crippen LogP contribution in [0.1, 0.15) is 16.8 Å². The molecule has 2 aromatic carbocycles. The van der Waals surface area contributed by atoms with Crippen molar-refractivity contribution in [2.24, 2.45) is 0 Å². The molecule has 3 rings (SSSR count). The average Bonchev–Trinajstić information content (AvgIpc) is 3.00. The Kier molecular flexibility index (Phi) is 4.07. The highest BCUT2D eigenvalue weighted by Crippen LogP contribution is 2.19. The van der Waals surface area contributed by atoms with Crippen molar-refractivity contribution in [2.75, 3.05) is 11.9 Å². The lowest BCUT2D eigenvalue weighted by Crippen LogP contribution is -2.18. The van der Waals surface area contributed by atoms with Gasteiger partial charge in [-0.05, 0) is 24.1 Å². The average molecular weight is 303 g/mol. The molecule has 0 radical (unpaired) electrons. The molecule has 0 spiro atoms. The van der Waals surface area contributed by atoms with Gasteiger partial charge in [0.05, 0.1) is 5.69 Å². The third kappa shape index (κ3) is 3.06. The molecular weight excluding hydrogens is 286 g/mol. The van der Waals surface area contributed by atoms with Crippen molar-refractivity contribution < 1.29 is 0 Å². The second kappa shape index (κ2) is 6.32. The highest BCUT2D eigenvalue weighted by molar-refractivity contribution is 5.50. The van der Waals surface area contributed by atoms with Gasteiger partial charge in [0, 0.05) is 13.6 Å². The standard InChI is InChI=1S/C18H17N5/c1-14-8-6-7-11-17(14)23-20-16(12-19)18(21-23)22(2)13-15-9-4-3-5-10-15/h3-11H,13H2,1-2H3. The summed E-state index contributed by atoms with van der Waals surface area (Å²) in [5.41, 5.74) is 3.42. The molecule has 114 valence electrons. The zero-order valence-electron chi connectivity index (χ0n) is 13.1. The van der Waals surface area contributed by atoms with E-state index in [1.54, 1.807) is 0 Å². The van der Waals surface area contributed by atoms with Crippen molar-refractivity contribution in [1.82, 2.24) is 15.0 Å². The van der Waals surface area contributed by atoms with E-state index in [1.165, 1.54) is 4.80 Å². The number of nitriles is 1. The molecule has 0 aliphatic heterocycles. The molecule has 0 bridgehead atoms. The first kappa shape index (κ1) is 14.8. The molecule has 0 saturated heterocycles. The predicted octanol–water partition coefficient (Wildman–Crippen LogP) is 3.08. The van der Waals surface area contributed by atoms with E-state index < -0.39 is 0 Å². The summed E-state index contributed by atoms with van der Waals surface area (Å²) in [5, 5.41) is 18.2. The van der Waals surface area contributed by atoms with Gasteiger partial charge in [-0.1, -0.05) is 48.5 Å². The summed E-state index contributed by atoms with van der Waals surface area (Å²) in [6.45, 7) is 2.67. The molecule has 0 unspecified atom stereocenters. The van der Waals surface area contributed by atoms with E-state index in [1.807, 2.05) is 73.5 Å². The van der Waals surface area contributed by atoms with Crippen LogP contribution in [0.25, 0.3) is 5.69 Å². The first-order chi connectivity index (χ1) is 11.2. The van der Waals surface area contributed by atoms with Crippen LogP contribution >= 0.6 is 0 Å². The summed E-state index contributed by atoms with van der Waals surface area (Å²) in [4.78, 5) is 3.47. The third-order valence-corrected chi connectivity index (χ3v) is 3.66. The number of rotatable bonds is 4. The van der Waals surface area contributed by atoms with E-state index in [9.17, 15) is 5.26 Å². The maximum atomic E-state index is 9.37.